The smallest absolute Gasteiger partial charge is 0.243 e. The molecule has 0 aliphatic rings. The lowest BCUT2D eigenvalue weighted by Crippen LogP contribution is -2.53. The van der Waals surface area contributed by atoms with Crippen molar-refractivity contribution < 1.29 is 14.4 Å². The zero-order valence-corrected chi connectivity index (χ0v) is 14.8. The van der Waals surface area contributed by atoms with Crippen molar-refractivity contribution in [1.29, 1.82) is 0 Å². The van der Waals surface area contributed by atoms with Crippen LogP contribution >= 0.6 is 0 Å². The molecule has 0 fully saturated rings. The van der Waals surface area contributed by atoms with Crippen LogP contribution < -0.4 is 16.4 Å². The van der Waals surface area contributed by atoms with Gasteiger partial charge in [0.2, 0.25) is 17.7 Å². The lowest BCUT2D eigenvalue weighted by molar-refractivity contribution is -0.131. The Balaban J connectivity index is 2.85. The number of hydrogen-bond acceptors (Lipinski definition) is 3. The van der Waals surface area contributed by atoms with Gasteiger partial charge in [-0.15, -0.1) is 0 Å². The SMILES string of the molecule is CC(=O)N[C@@H](CC(C)C)C(=O)N[C@H](Cc1ccccc1C)C(N)=O. The van der Waals surface area contributed by atoms with Crippen molar-refractivity contribution in [3.8, 4) is 0 Å². The highest BCUT2D eigenvalue weighted by Gasteiger charge is 2.26. The van der Waals surface area contributed by atoms with E-state index in [-0.39, 0.29) is 11.8 Å². The van der Waals surface area contributed by atoms with Crippen LogP contribution in [0.15, 0.2) is 24.3 Å². The van der Waals surface area contributed by atoms with E-state index in [2.05, 4.69) is 10.6 Å². The van der Waals surface area contributed by atoms with Gasteiger partial charge >= 0.3 is 0 Å². The van der Waals surface area contributed by atoms with Crippen LogP contribution in [-0.2, 0) is 20.8 Å². The first-order chi connectivity index (χ1) is 11.2. The fourth-order valence-electron chi connectivity index (χ4n) is 2.50. The zero-order chi connectivity index (χ0) is 18.3. The number of nitrogens with one attached hydrogen (secondary N) is 2. The summed E-state index contributed by atoms with van der Waals surface area (Å²) >= 11 is 0. The molecule has 0 bridgehead atoms. The second-order valence-electron chi connectivity index (χ2n) is 6.48. The molecule has 6 nitrogen and oxygen atoms in total. The Morgan fingerprint density at radius 2 is 1.71 bits per heavy atom. The predicted molar refractivity (Wildman–Crippen MR) is 93.1 cm³/mol. The largest absolute Gasteiger partial charge is 0.368 e. The Kier molecular flexibility index (Phi) is 7.42. The first-order valence-corrected chi connectivity index (χ1v) is 8.12. The van der Waals surface area contributed by atoms with E-state index in [0.717, 1.165) is 11.1 Å². The minimum absolute atomic E-state index is 0.219. The van der Waals surface area contributed by atoms with E-state index < -0.39 is 23.9 Å². The Morgan fingerprint density at radius 1 is 1.08 bits per heavy atom. The van der Waals surface area contributed by atoms with Gasteiger partial charge in [-0.3, -0.25) is 14.4 Å². The third kappa shape index (κ3) is 6.40. The van der Waals surface area contributed by atoms with Gasteiger partial charge in [0.05, 0.1) is 0 Å². The molecule has 0 spiro atoms. The molecule has 4 N–H and O–H groups in total. The Labute approximate surface area is 143 Å². The van der Waals surface area contributed by atoms with Gasteiger partial charge in [-0.1, -0.05) is 38.1 Å². The highest BCUT2D eigenvalue weighted by atomic mass is 16.2. The van der Waals surface area contributed by atoms with Gasteiger partial charge in [-0.25, -0.2) is 0 Å². The maximum Gasteiger partial charge on any atom is 0.243 e. The summed E-state index contributed by atoms with van der Waals surface area (Å²) in [5, 5.41) is 5.30. The number of hydrogen-bond donors (Lipinski definition) is 3. The Hall–Kier alpha value is -2.37. The number of nitrogens with two attached hydrogens (primary N) is 1. The van der Waals surface area contributed by atoms with Crippen molar-refractivity contribution in [1.82, 2.24) is 10.6 Å². The van der Waals surface area contributed by atoms with Crippen molar-refractivity contribution in [3.63, 3.8) is 0 Å². The van der Waals surface area contributed by atoms with Gasteiger partial charge in [0, 0.05) is 13.3 Å². The van der Waals surface area contributed by atoms with Gasteiger partial charge in [-0.05, 0) is 30.4 Å². The molecule has 0 aliphatic carbocycles. The average Bonchev–Trinajstić information content (AvgIpc) is 2.46. The Bertz CT molecular complexity index is 599. The predicted octanol–water partition coefficient (Wildman–Crippen LogP) is 1.06. The van der Waals surface area contributed by atoms with Crippen LogP contribution in [0.3, 0.4) is 0 Å². The fraction of sp³-hybridized carbons (Fsp3) is 0.500. The molecular weight excluding hydrogens is 306 g/mol. The van der Waals surface area contributed by atoms with E-state index >= 15 is 0 Å². The van der Waals surface area contributed by atoms with E-state index in [9.17, 15) is 14.4 Å². The van der Waals surface area contributed by atoms with Crippen LogP contribution in [0.2, 0.25) is 0 Å². The molecule has 6 heteroatoms. The molecule has 0 unspecified atom stereocenters. The lowest BCUT2D eigenvalue weighted by Gasteiger charge is -2.23. The molecule has 1 aromatic rings. The van der Waals surface area contributed by atoms with Crippen LogP contribution in [0, 0.1) is 12.8 Å². The normalized spacial score (nSPS) is 13.2. The number of aryl methyl sites for hydroxylation is 1. The molecule has 3 amide bonds. The topological polar surface area (TPSA) is 101 Å². The van der Waals surface area contributed by atoms with E-state index in [4.69, 9.17) is 5.73 Å². The first kappa shape index (κ1) is 19.7. The third-order valence-corrected chi connectivity index (χ3v) is 3.75. The second kappa shape index (κ2) is 9.05. The van der Waals surface area contributed by atoms with Crippen LogP contribution in [0.1, 0.15) is 38.3 Å². The average molecular weight is 333 g/mol. The lowest BCUT2D eigenvalue weighted by atomic mass is 9.99. The molecule has 132 valence electrons. The van der Waals surface area contributed by atoms with Gasteiger partial charge in [-0.2, -0.15) is 0 Å². The molecule has 2 atom stereocenters. The first-order valence-electron chi connectivity index (χ1n) is 8.12. The van der Waals surface area contributed by atoms with Crippen molar-refractivity contribution in [3.05, 3.63) is 35.4 Å². The third-order valence-electron chi connectivity index (χ3n) is 3.75. The van der Waals surface area contributed by atoms with E-state index in [1.165, 1.54) is 6.92 Å². The van der Waals surface area contributed by atoms with Crippen LogP contribution in [0.5, 0.6) is 0 Å². The van der Waals surface area contributed by atoms with Crippen LogP contribution in [0.4, 0.5) is 0 Å². The molecule has 1 rings (SSSR count). The fourth-order valence-corrected chi connectivity index (χ4v) is 2.50. The van der Waals surface area contributed by atoms with Gasteiger partial charge < -0.3 is 16.4 Å². The highest BCUT2D eigenvalue weighted by Crippen LogP contribution is 2.11. The molecule has 0 radical (unpaired) electrons. The van der Waals surface area contributed by atoms with Crippen molar-refractivity contribution >= 4 is 17.7 Å². The van der Waals surface area contributed by atoms with Gasteiger partial charge in [0.25, 0.3) is 0 Å². The number of carbonyl (C=O) groups excluding carboxylic acids is 3. The molecule has 1 aromatic carbocycles. The summed E-state index contributed by atoms with van der Waals surface area (Å²) in [5.74, 6) is -1.06. The molecular formula is C18H27N3O3. The van der Waals surface area contributed by atoms with E-state index in [1.54, 1.807) is 0 Å². The molecule has 0 saturated heterocycles. The van der Waals surface area contributed by atoms with E-state index in [0.29, 0.717) is 12.8 Å². The molecule has 0 heterocycles. The molecule has 24 heavy (non-hydrogen) atoms. The Morgan fingerprint density at radius 3 is 2.21 bits per heavy atom. The highest BCUT2D eigenvalue weighted by molar-refractivity contribution is 5.91. The zero-order valence-electron chi connectivity index (χ0n) is 14.8. The van der Waals surface area contributed by atoms with Crippen molar-refractivity contribution in [2.45, 2.75) is 52.6 Å². The second-order valence-corrected chi connectivity index (χ2v) is 6.48. The summed E-state index contributed by atoms with van der Waals surface area (Å²) in [4.78, 5) is 35.5. The summed E-state index contributed by atoms with van der Waals surface area (Å²) in [5.41, 5.74) is 7.42. The molecule has 0 aliphatic heterocycles. The summed E-state index contributed by atoms with van der Waals surface area (Å²) in [7, 11) is 0. The number of primary amides is 1. The number of benzene rings is 1. The van der Waals surface area contributed by atoms with Gasteiger partial charge in [0.15, 0.2) is 0 Å². The number of amides is 3. The summed E-state index contributed by atoms with van der Waals surface area (Å²) in [6.07, 6.45) is 0.809. The monoisotopic (exact) mass is 333 g/mol. The maximum absolute atomic E-state index is 12.5. The minimum Gasteiger partial charge on any atom is -0.368 e. The summed E-state index contributed by atoms with van der Waals surface area (Å²) < 4.78 is 0. The van der Waals surface area contributed by atoms with Crippen LogP contribution in [-0.4, -0.2) is 29.8 Å². The summed E-state index contributed by atoms with van der Waals surface area (Å²) in [6.45, 7) is 7.22. The standard InChI is InChI=1S/C18H27N3O3/c1-11(2)9-16(20-13(4)22)18(24)21-15(17(19)23)10-14-8-6-5-7-12(14)3/h5-8,11,15-16H,9-10H2,1-4H3,(H2,19,23)(H,20,22)(H,21,24)/t15-,16+/m1/s1. The van der Waals surface area contributed by atoms with Crippen LogP contribution in [0.25, 0.3) is 0 Å². The maximum atomic E-state index is 12.5. The molecule has 0 aromatic heterocycles. The number of carbonyl (C=O) groups is 3. The quantitative estimate of drug-likeness (QED) is 0.663. The van der Waals surface area contributed by atoms with Crippen molar-refractivity contribution in [2.24, 2.45) is 11.7 Å². The van der Waals surface area contributed by atoms with E-state index in [1.807, 2.05) is 45.0 Å². The number of rotatable bonds is 8. The summed E-state index contributed by atoms with van der Waals surface area (Å²) in [6, 6.07) is 6.13. The minimum atomic E-state index is -0.818. The molecule has 0 saturated carbocycles. The van der Waals surface area contributed by atoms with Gasteiger partial charge in [0.1, 0.15) is 12.1 Å². The van der Waals surface area contributed by atoms with Crippen molar-refractivity contribution in [2.75, 3.05) is 0 Å².